The molecule has 1 atom stereocenters. The zero-order valence-corrected chi connectivity index (χ0v) is 17.1. The predicted octanol–water partition coefficient (Wildman–Crippen LogP) is 3.06. The topological polar surface area (TPSA) is 96.0 Å². The van der Waals surface area contributed by atoms with Crippen molar-refractivity contribution >= 4 is 23.7 Å². The molecule has 0 aromatic heterocycles. The van der Waals surface area contributed by atoms with E-state index in [1.807, 2.05) is 6.07 Å². The third-order valence-corrected chi connectivity index (χ3v) is 4.27. The monoisotopic (exact) mass is 412 g/mol. The average Bonchev–Trinajstić information content (AvgIpc) is 2.74. The van der Waals surface area contributed by atoms with Gasteiger partial charge in [-0.3, -0.25) is 19.2 Å². The third kappa shape index (κ3) is 6.84. The van der Waals surface area contributed by atoms with Crippen molar-refractivity contribution in [2.45, 2.75) is 32.8 Å². The van der Waals surface area contributed by atoms with Crippen LogP contribution in [0, 0.1) is 0 Å². The van der Waals surface area contributed by atoms with Gasteiger partial charge in [-0.2, -0.15) is 0 Å². The first-order valence-corrected chi connectivity index (χ1v) is 9.45. The van der Waals surface area contributed by atoms with E-state index in [0.29, 0.717) is 16.7 Å². The molecule has 0 aliphatic carbocycles. The molecule has 0 fully saturated rings. The van der Waals surface area contributed by atoms with Crippen LogP contribution in [0.5, 0.6) is 0 Å². The number of hydrogen-bond donors (Lipinski definition) is 0. The Morgan fingerprint density at radius 1 is 0.800 bits per heavy atom. The van der Waals surface area contributed by atoms with Gasteiger partial charge in [0.2, 0.25) is 0 Å². The second kappa shape index (κ2) is 10.9. The second-order valence-electron chi connectivity index (χ2n) is 6.71. The van der Waals surface area contributed by atoms with Crippen LogP contribution in [-0.4, -0.2) is 43.0 Å². The van der Waals surface area contributed by atoms with E-state index in [9.17, 15) is 19.2 Å². The summed E-state index contributed by atoms with van der Waals surface area (Å²) in [7, 11) is 0. The lowest BCUT2D eigenvalue weighted by Gasteiger charge is -2.20. The average molecular weight is 412 g/mol. The minimum Gasteiger partial charge on any atom is -0.462 e. The van der Waals surface area contributed by atoms with E-state index in [4.69, 9.17) is 14.2 Å². The van der Waals surface area contributed by atoms with Crippen molar-refractivity contribution in [1.82, 2.24) is 0 Å². The summed E-state index contributed by atoms with van der Waals surface area (Å²) in [5.74, 6) is -2.52. The SMILES string of the molecule is CC(=O)OCC(COC(C)=O)OC(=O)C(C)c1cccc(C(=O)c2ccccc2)c1. The first-order valence-electron chi connectivity index (χ1n) is 9.45. The molecule has 0 aliphatic rings. The fraction of sp³-hybridized carbons (Fsp3) is 0.304. The Morgan fingerprint density at radius 3 is 1.93 bits per heavy atom. The van der Waals surface area contributed by atoms with Gasteiger partial charge in [0, 0.05) is 25.0 Å². The lowest BCUT2D eigenvalue weighted by molar-refractivity contribution is -0.166. The maximum atomic E-state index is 12.7. The van der Waals surface area contributed by atoms with Crippen LogP contribution in [0.1, 0.15) is 48.2 Å². The molecule has 0 aliphatic heterocycles. The van der Waals surface area contributed by atoms with E-state index < -0.39 is 29.9 Å². The number of esters is 3. The molecule has 0 radical (unpaired) electrons. The molecule has 0 spiro atoms. The highest BCUT2D eigenvalue weighted by Crippen LogP contribution is 2.21. The van der Waals surface area contributed by atoms with Gasteiger partial charge in [0.15, 0.2) is 11.9 Å². The highest BCUT2D eigenvalue weighted by atomic mass is 16.6. The Morgan fingerprint density at radius 2 is 1.37 bits per heavy atom. The van der Waals surface area contributed by atoms with Gasteiger partial charge in [-0.1, -0.05) is 48.5 Å². The molecule has 0 amide bonds. The van der Waals surface area contributed by atoms with Crippen LogP contribution in [0.2, 0.25) is 0 Å². The standard InChI is InChI=1S/C23H24O7/c1-15(23(27)30-21(13-28-16(2)24)14-29-17(3)25)19-10-7-11-20(12-19)22(26)18-8-5-4-6-9-18/h4-12,15,21H,13-14H2,1-3H3. The van der Waals surface area contributed by atoms with Crippen LogP contribution < -0.4 is 0 Å². The van der Waals surface area contributed by atoms with Crippen LogP contribution in [0.25, 0.3) is 0 Å². The lowest BCUT2D eigenvalue weighted by atomic mass is 9.96. The highest BCUT2D eigenvalue weighted by molar-refractivity contribution is 6.09. The molecule has 2 aromatic rings. The summed E-state index contributed by atoms with van der Waals surface area (Å²) in [5.41, 5.74) is 1.60. The van der Waals surface area contributed by atoms with Crippen molar-refractivity contribution in [3.05, 3.63) is 71.3 Å². The van der Waals surface area contributed by atoms with Gasteiger partial charge in [-0.15, -0.1) is 0 Å². The Kier molecular flexibility index (Phi) is 8.29. The highest BCUT2D eigenvalue weighted by Gasteiger charge is 2.24. The zero-order chi connectivity index (χ0) is 22.1. The normalized spacial score (nSPS) is 11.5. The summed E-state index contributed by atoms with van der Waals surface area (Å²) in [6.45, 7) is 3.63. The molecular formula is C23H24O7. The molecule has 2 rings (SSSR count). The fourth-order valence-corrected chi connectivity index (χ4v) is 2.64. The van der Waals surface area contributed by atoms with E-state index in [1.165, 1.54) is 13.8 Å². The number of hydrogen-bond acceptors (Lipinski definition) is 7. The van der Waals surface area contributed by atoms with E-state index in [-0.39, 0.29) is 19.0 Å². The van der Waals surface area contributed by atoms with Crippen LogP contribution in [0.4, 0.5) is 0 Å². The van der Waals surface area contributed by atoms with Crippen LogP contribution >= 0.6 is 0 Å². The first-order chi connectivity index (χ1) is 14.3. The number of carbonyl (C=O) groups is 4. The molecule has 1 unspecified atom stereocenters. The van der Waals surface area contributed by atoms with Crippen molar-refractivity contribution in [3.63, 3.8) is 0 Å². The number of carbonyl (C=O) groups excluding carboxylic acids is 4. The molecular weight excluding hydrogens is 388 g/mol. The molecule has 0 N–H and O–H groups in total. The van der Waals surface area contributed by atoms with Gasteiger partial charge >= 0.3 is 17.9 Å². The van der Waals surface area contributed by atoms with Gasteiger partial charge in [0.1, 0.15) is 13.2 Å². The van der Waals surface area contributed by atoms with Gasteiger partial charge in [-0.05, 0) is 18.6 Å². The Hall–Kier alpha value is -3.48. The number of rotatable bonds is 9. The molecule has 0 saturated carbocycles. The van der Waals surface area contributed by atoms with Gasteiger partial charge in [0.25, 0.3) is 0 Å². The molecule has 2 aromatic carbocycles. The molecule has 0 heterocycles. The second-order valence-corrected chi connectivity index (χ2v) is 6.71. The summed E-state index contributed by atoms with van der Waals surface area (Å²) >= 11 is 0. The van der Waals surface area contributed by atoms with Gasteiger partial charge in [-0.25, -0.2) is 0 Å². The van der Waals surface area contributed by atoms with Crippen molar-refractivity contribution in [2.75, 3.05) is 13.2 Å². The number of ether oxygens (including phenoxy) is 3. The lowest BCUT2D eigenvalue weighted by Crippen LogP contribution is -2.31. The Labute approximate surface area is 174 Å². The minimum absolute atomic E-state index is 0.152. The van der Waals surface area contributed by atoms with Crippen molar-refractivity contribution < 1.29 is 33.4 Å². The molecule has 7 nitrogen and oxygen atoms in total. The van der Waals surface area contributed by atoms with E-state index in [2.05, 4.69) is 0 Å². The minimum atomic E-state index is -0.929. The fourth-order valence-electron chi connectivity index (χ4n) is 2.64. The van der Waals surface area contributed by atoms with Crippen LogP contribution in [-0.2, 0) is 28.6 Å². The summed E-state index contributed by atoms with van der Waals surface area (Å²) in [6.07, 6.45) is -0.929. The van der Waals surface area contributed by atoms with E-state index in [0.717, 1.165) is 0 Å². The quantitative estimate of drug-likeness (QED) is 0.355. The van der Waals surface area contributed by atoms with Gasteiger partial charge in [0.05, 0.1) is 5.92 Å². The largest absolute Gasteiger partial charge is 0.462 e. The Balaban J connectivity index is 2.10. The van der Waals surface area contributed by atoms with Gasteiger partial charge < -0.3 is 14.2 Å². The number of benzene rings is 2. The Bertz CT molecular complexity index is 887. The molecule has 0 bridgehead atoms. The molecule has 7 heteroatoms. The first kappa shape index (κ1) is 22.8. The predicted molar refractivity (Wildman–Crippen MR) is 108 cm³/mol. The summed E-state index contributed by atoms with van der Waals surface area (Å²) in [6, 6.07) is 15.6. The molecule has 0 saturated heterocycles. The summed E-state index contributed by atoms with van der Waals surface area (Å²) in [5, 5.41) is 0. The van der Waals surface area contributed by atoms with Crippen molar-refractivity contribution in [1.29, 1.82) is 0 Å². The summed E-state index contributed by atoms with van der Waals surface area (Å²) in [4.78, 5) is 47.3. The van der Waals surface area contributed by atoms with Crippen LogP contribution in [0.3, 0.4) is 0 Å². The van der Waals surface area contributed by atoms with Crippen LogP contribution in [0.15, 0.2) is 54.6 Å². The smallest absolute Gasteiger partial charge is 0.313 e. The van der Waals surface area contributed by atoms with E-state index in [1.54, 1.807) is 55.5 Å². The maximum Gasteiger partial charge on any atom is 0.313 e. The van der Waals surface area contributed by atoms with E-state index >= 15 is 0 Å². The number of ketones is 1. The van der Waals surface area contributed by atoms with Crippen molar-refractivity contribution in [3.8, 4) is 0 Å². The maximum absolute atomic E-state index is 12.7. The molecule has 158 valence electrons. The zero-order valence-electron chi connectivity index (χ0n) is 17.1. The molecule has 30 heavy (non-hydrogen) atoms. The third-order valence-electron chi connectivity index (χ3n) is 4.27. The summed E-state index contributed by atoms with van der Waals surface area (Å²) < 4.78 is 15.1. The van der Waals surface area contributed by atoms with Crippen molar-refractivity contribution in [2.24, 2.45) is 0 Å².